The van der Waals surface area contributed by atoms with Crippen LogP contribution in [0.25, 0.3) is 0 Å². The smallest absolute Gasteiger partial charge is 0.333 e. The minimum atomic E-state index is -0.295. The molecule has 0 amide bonds. The molecule has 1 atom stereocenters. The van der Waals surface area contributed by atoms with Gasteiger partial charge < -0.3 is 9.84 Å². The van der Waals surface area contributed by atoms with Crippen LogP contribution < -0.4 is 0 Å². The van der Waals surface area contributed by atoms with Crippen LogP contribution in [0.2, 0.25) is 0 Å². The van der Waals surface area contributed by atoms with Crippen molar-refractivity contribution in [2.75, 3.05) is 6.61 Å². The molecule has 0 aromatic heterocycles. The van der Waals surface area contributed by atoms with E-state index in [0.29, 0.717) is 17.4 Å². The molecular formula is C13H22O3. The molecule has 0 aliphatic heterocycles. The van der Waals surface area contributed by atoms with Crippen LogP contribution in [-0.4, -0.2) is 23.8 Å². The highest BCUT2D eigenvalue weighted by molar-refractivity contribution is 5.87. The highest BCUT2D eigenvalue weighted by Crippen LogP contribution is 2.31. The summed E-state index contributed by atoms with van der Waals surface area (Å²) in [7, 11) is 0. The van der Waals surface area contributed by atoms with E-state index in [-0.39, 0.29) is 18.7 Å². The average Bonchev–Trinajstić information content (AvgIpc) is 2.28. The van der Waals surface area contributed by atoms with E-state index in [0.717, 1.165) is 25.7 Å². The van der Waals surface area contributed by atoms with Crippen LogP contribution >= 0.6 is 0 Å². The van der Waals surface area contributed by atoms with Gasteiger partial charge in [0.1, 0.15) is 6.10 Å². The zero-order valence-electron chi connectivity index (χ0n) is 10.2. The van der Waals surface area contributed by atoms with Crippen molar-refractivity contribution in [1.29, 1.82) is 0 Å². The van der Waals surface area contributed by atoms with Crippen molar-refractivity contribution in [2.45, 2.75) is 45.6 Å². The van der Waals surface area contributed by atoms with Crippen molar-refractivity contribution in [2.24, 2.45) is 11.8 Å². The number of carbonyl (C=O) groups excluding carboxylic acids is 1. The van der Waals surface area contributed by atoms with Crippen LogP contribution in [-0.2, 0) is 9.53 Å². The molecule has 0 heterocycles. The molecule has 0 aromatic rings. The third-order valence-corrected chi connectivity index (χ3v) is 3.45. The Morgan fingerprint density at radius 1 is 1.44 bits per heavy atom. The fourth-order valence-corrected chi connectivity index (χ4v) is 2.21. The van der Waals surface area contributed by atoms with Gasteiger partial charge in [0.2, 0.25) is 0 Å². The minimum Gasteiger partial charge on any atom is -0.459 e. The first-order valence-electron chi connectivity index (χ1n) is 6.02. The summed E-state index contributed by atoms with van der Waals surface area (Å²) in [4.78, 5) is 11.4. The van der Waals surface area contributed by atoms with Gasteiger partial charge in [-0.1, -0.05) is 6.58 Å². The molecule has 0 saturated heterocycles. The molecule has 0 radical (unpaired) electrons. The maximum atomic E-state index is 11.4. The van der Waals surface area contributed by atoms with Crippen LogP contribution in [0.15, 0.2) is 12.2 Å². The standard InChI is InChI=1S/C13H22O3/c1-9(2)13(15)16-10(3)12-6-4-11(8-14)5-7-12/h10-12,14H,1,4-8H2,2-3H3. The number of esters is 1. The number of ether oxygens (including phenoxy) is 1. The molecule has 1 rings (SSSR count). The van der Waals surface area contributed by atoms with Crippen molar-refractivity contribution in [1.82, 2.24) is 0 Å². The Bertz CT molecular complexity index is 252. The van der Waals surface area contributed by atoms with Crippen molar-refractivity contribution < 1.29 is 14.6 Å². The van der Waals surface area contributed by atoms with Gasteiger partial charge in [-0.05, 0) is 51.4 Å². The van der Waals surface area contributed by atoms with Crippen LogP contribution in [0.3, 0.4) is 0 Å². The molecule has 1 fully saturated rings. The Morgan fingerprint density at radius 2 is 2.00 bits per heavy atom. The SMILES string of the molecule is C=C(C)C(=O)OC(C)C1CCC(CO)CC1. The van der Waals surface area contributed by atoms with Crippen molar-refractivity contribution >= 4 is 5.97 Å². The zero-order chi connectivity index (χ0) is 12.1. The van der Waals surface area contributed by atoms with Crippen LogP contribution in [0.1, 0.15) is 39.5 Å². The normalized spacial score (nSPS) is 27.2. The first-order chi connectivity index (χ1) is 7.54. The molecule has 1 saturated carbocycles. The predicted octanol–water partition coefficient (Wildman–Crippen LogP) is 2.29. The molecule has 3 nitrogen and oxygen atoms in total. The molecule has 0 spiro atoms. The van der Waals surface area contributed by atoms with Crippen molar-refractivity contribution in [3.8, 4) is 0 Å². The maximum absolute atomic E-state index is 11.4. The molecule has 3 heteroatoms. The van der Waals surface area contributed by atoms with Crippen molar-refractivity contribution in [3.63, 3.8) is 0 Å². The van der Waals surface area contributed by atoms with E-state index in [9.17, 15) is 4.79 Å². The monoisotopic (exact) mass is 226 g/mol. The maximum Gasteiger partial charge on any atom is 0.333 e. The average molecular weight is 226 g/mol. The Hall–Kier alpha value is -0.830. The Kier molecular flexibility index (Phi) is 5.00. The van der Waals surface area contributed by atoms with Gasteiger partial charge in [0.05, 0.1) is 0 Å². The molecule has 92 valence electrons. The van der Waals surface area contributed by atoms with Crippen LogP contribution in [0, 0.1) is 11.8 Å². The Labute approximate surface area is 97.5 Å². The summed E-state index contributed by atoms with van der Waals surface area (Å²) in [6, 6.07) is 0. The molecular weight excluding hydrogens is 204 g/mol. The Balaban J connectivity index is 2.35. The first kappa shape index (κ1) is 13.2. The van der Waals surface area contributed by atoms with Gasteiger partial charge in [-0.2, -0.15) is 0 Å². The molecule has 1 N–H and O–H groups in total. The third kappa shape index (κ3) is 3.63. The van der Waals surface area contributed by atoms with Crippen LogP contribution in [0.5, 0.6) is 0 Å². The minimum absolute atomic E-state index is 0.0381. The number of hydrogen-bond donors (Lipinski definition) is 1. The fraction of sp³-hybridized carbons (Fsp3) is 0.769. The lowest BCUT2D eigenvalue weighted by Crippen LogP contribution is -2.29. The van der Waals surface area contributed by atoms with E-state index in [1.54, 1.807) is 6.92 Å². The lowest BCUT2D eigenvalue weighted by Gasteiger charge is -2.31. The lowest BCUT2D eigenvalue weighted by atomic mass is 9.80. The number of aliphatic hydroxyl groups excluding tert-OH is 1. The summed E-state index contributed by atoms with van der Waals surface area (Å²) in [5, 5.41) is 9.04. The summed E-state index contributed by atoms with van der Waals surface area (Å²) < 4.78 is 5.32. The first-order valence-corrected chi connectivity index (χ1v) is 6.02. The predicted molar refractivity (Wildman–Crippen MR) is 62.9 cm³/mol. The van der Waals surface area contributed by atoms with E-state index in [4.69, 9.17) is 9.84 Å². The highest BCUT2D eigenvalue weighted by Gasteiger charge is 2.26. The number of hydrogen-bond acceptors (Lipinski definition) is 3. The van der Waals surface area contributed by atoms with Gasteiger partial charge in [-0.15, -0.1) is 0 Å². The summed E-state index contributed by atoms with van der Waals surface area (Å²) >= 11 is 0. The molecule has 0 aromatic carbocycles. The zero-order valence-corrected chi connectivity index (χ0v) is 10.2. The van der Waals surface area contributed by atoms with Gasteiger partial charge in [0.25, 0.3) is 0 Å². The third-order valence-electron chi connectivity index (χ3n) is 3.45. The summed E-state index contributed by atoms with van der Waals surface area (Å²) in [6.07, 6.45) is 4.11. The topological polar surface area (TPSA) is 46.5 Å². The van der Waals surface area contributed by atoms with Gasteiger partial charge in [-0.25, -0.2) is 4.79 Å². The van der Waals surface area contributed by atoms with Gasteiger partial charge >= 0.3 is 5.97 Å². The molecule has 1 aliphatic rings. The van der Waals surface area contributed by atoms with E-state index in [1.165, 1.54) is 0 Å². The Morgan fingerprint density at radius 3 is 2.44 bits per heavy atom. The summed E-state index contributed by atoms with van der Waals surface area (Å²) in [6.45, 7) is 7.47. The fourth-order valence-electron chi connectivity index (χ4n) is 2.21. The second kappa shape index (κ2) is 6.04. The second-order valence-electron chi connectivity index (χ2n) is 4.85. The summed E-state index contributed by atoms with van der Waals surface area (Å²) in [5.41, 5.74) is 0.455. The molecule has 1 aliphatic carbocycles. The molecule has 0 bridgehead atoms. The molecule has 16 heavy (non-hydrogen) atoms. The second-order valence-corrected chi connectivity index (χ2v) is 4.85. The van der Waals surface area contributed by atoms with E-state index < -0.39 is 0 Å². The van der Waals surface area contributed by atoms with Gasteiger partial charge in [0.15, 0.2) is 0 Å². The van der Waals surface area contributed by atoms with Crippen molar-refractivity contribution in [3.05, 3.63) is 12.2 Å². The number of carbonyl (C=O) groups is 1. The number of aliphatic hydroxyl groups is 1. The summed E-state index contributed by atoms with van der Waals surface area (Å²) in [5.74, 6) is 0.586. The van der Waals surface area contributed by atoms with Crippen LogP contribution in [0.4, 0.5) is 0 Å². The highest BCUT2D eigenvalue weighted by atomic mass is 16.5. The lowest BCUT2D eigenvalue weighted by molar-refractivity contribution is -0.146. The number of rotatable bonds is 4. The van der Waals surface area contributed by atoms with Gasteiger partial charge in [-0.3, -0.25) is 0 Å². The van der Waals surface area contributed by atoms with E-state index >= 15 is 0 Å². The van der Waals surface area contributed by atoms with Gasteiger partial charge in [0, 0.05) is 12.2 Å². The van der Waals surface area contributed by atoms with E-state index in [1.807, 2.05) is 6.92 Å². The quantitative estimate of drug-likeness (QED) is 0.591. The molecule has 1 unspecified atom stereocenters. The van der Waals surface area contributed by atoms with E-state index in [2.05, 4.69) is 6.58 Å². The largest absolute Gasteiger partial charge is 0.459 e.